The lowest BCUT2D eigenvalue weighted by Gasteiger charge is -2.36. The first-order chi connectivity index (χ1) is 10.5. The predicted octanol–water partition coefficient (Wildman–Crippen LogP) is 3.57. The van der Waals surface area contributed by atoms with Crippen LogP contribution < -0.4 is 5.32 Å². The molecular formula is C17H29N3OS. The maximum absolute atomic E-state index is 12.0. The minimum absolute atomic E-state index is 0.135. The number of hydrogen-bond donors (Lipinski definition) is 1. The van der Waals surface area contributed by atoms with E-state index >= 15 is 0 Å². The van der Waals surface area contributed by atoms with Gasteiger partial charge < -0.3 is 15.1 Å². The average molecular weight is 324 g/mol. The predicted molar refractivity (Wildman–Crippen MR) is 93.3 cm³/mol. The Hall–Kier alpha value is -1.07. The molecule has 1 N–H and O–H groups in total. The Bertz CT molecular complexity index is 450. The van der Waals surface area contributed by atoms with Crippen LogP contribution in [0.15, 0.2) is 17.5 Å². The van der Waals surface area contributed by atoms with Crippen LogP contribution in [0.3, 0.4) is 0 Å². The van der Waals surface area contributed by atoms with Crippen molar-refractivity contribution in [2.45, 2.75) is 45.2 Å². The van der Waals surface area contributed by atoms with E-state index in [4.69, 9.17) is 0 Å². The summed E-state index contributed by atoms with van der Waals surface area (Å²) in [5, 5.41) is 5.99. The molecule has 1 aliphatic heterocycles. The number of nitrogens with zero attached hydrogens (tertiary/aromatic N) is 2. The van der Waals surface area contributed by atoms with Gasteiger partial charge in [-0.25, -0.2) is 4.79 Å². The molecule has 124 valence electrons. The molecule has 0 spiro atoms. The topological polar surface area (TPSA) is 35.6 Å². The van der Waals surface area contributed by atoms with Crippen molar-refractivity contribution in [1.82, 2.24) is 15.1 Å². The molecular weight excluding hydrogens is 294 g/mol. The first kappa shape index (κ1) is 17.3. The van der Waals surface area contributed by atoms with E-state index in [1.54, 1.807) is 4.90 Å². The normalized spacial score (nSPS) is 17.8. The standard InChI is InChI=1S/C17H29N3OS/c1-13(2)12-15(16-6-5-11-22-16)18-14-7-9-20(10-8-14)17(21)19(3)4/h5-6,11,13-15,18H,7-10,12H2,1-4H3. The highest BCUT2D eigenvalue weighted by atomic mass is 32.1. The van der Waals surface area contributed by atoms with E-state index in [0.717, 1.165) is 32.4 Å². The molecule has 1 unspecified atom stereocenters. The number of likely N-dealkylation sites (tertiary alicyclic amines) is 1. The number of carbonyl (C=O) groups is 1. The summed E-state index contributed by atoms with van der Waals surface area (Å²) in [6.07, 6.45) is 3.25. The van der Waals surface area contributed by atoms with Gasteiger partial charge in [0.05, 0.1) is 0 Å². The molecule has 1 aromatic rings. The highest BCUT2D eigenvalue weighted by Crippen LogP contribution is 2.27. The second-order valence-electron chi connectivity index (χ2n) is 6.80. The third kappa shape index (κ3) is 4.71. The number of rotatable bonds is 5. The molecule has 2 rings (SSSR count). The van der Waals surface area contributed by atoms with E-state index in [0.29, 0.717) is 18.0 Å². The largest absolute Gasteiger partial charge is 0.331 e. The van der Waals surface area contributed by atoms with Gasteiger partial charge >= 0.3 is 6.03 Å². The van der Waals surface area contributed by atoms with Crippen LogP contribution in [0.1, 0.15) is 44.0 Å². The van der Waals surface area contributed by atoms with Gasteiger partial charge in [0.25, 0.3) is 0 Å². The zero-order chi connectivity index (χ0) is 16.1. The second kappa shape index (κ2) is 7.97. The molecule has 2 heterocycles. The number of thiophene rings is 1. The maximum atomic E-state index is 12.0. The van der Waals surface area contributed by atoms with Gasteiger partial charge in [-0.15, -0.1) is 11.3 Å². The first-order valence-electron chi connectivity index (χ1n) is 8.23. The van der Waals surface area contributed by atoms with Gasteiger partial charge in [0.15, 0.2) is 0 Å². The molecule has 1 fully saturated rings. The minimum atomic E-state index is 0.135. The Morgan fingerprint density at radius 3 is 2.59 bits per heavy atom. The molecule has 0 bridgehead atoms. The lowest BCUT2D eigenvalue weighted by molar-refractivity contribution is 0.150. The van der Waals surface area contributed by atoms with Crippen LogP contribution in [-0.2, 0) is 0 Å². The van der Waals surface area contributed by atoms with Crippen molar-refractivity contribution in [3.05, 3.63) is 22.4 Å². The zero-order valence-electron chi connectivity index (χ0n) is 14.2. The van der Waals surface area contributed by atoms with Gasteiger partial charge in [0.2, 0.25) is 0 Å². The van der Waals surface area contributed by atoms with Gasteiger partial charge in [-0.1, -0.05) is 19.9 Å². The van der Waals surface area contributed by atoms with Crippen molar-refractivity contribution in [3.8, 4) is 0 Å². The Balaban J connectivity index is 1.89. The highest BCUT2D eigenvalue weighted by molar-refractivity contribution is 7.10. The number of hydrogen-bond acceptors (Lipinski definition) is 3. The quantitative estimate of drug-likeness (QED) is 0.899. The molecule has 1 saturated heterocycles. The SMILES string of the molecule is CC(C)CC(NC1CCN(C(=O)N(C)C)CC1)c1cccs1. The van der Waals surface area contributed by atoms with E-state index in [2.05, 4.69) is 36.7 Å². The molecule has 0 radical (unpaired) electrons. The van der Waals surface area contributed by atoms with Crippen molar-refractivity contribution >= 4 is 17.4 Å². The summed E-state index contributed by atoms with van der Waals surface area (Å²) >= 11 is 1.84. The Morgan fingerprint density at radius 2 is 2.09 bits per heavy atom. The lowest BCUT2D eigenvalue weighted by Crippen LogP contribution is -2.48. The molecule has 1 aromatic heterocycles. The van der Waals surface area contributed by atoms with Crippen LogP contribution >= 0.6 is 11.3 Å². The Morgan fingerprint density at radius 1 is 1.41 bits per heavy atom. The average Bonchev–Trinajstić information content (AvgIpc) is 3.00. The number of urea groups is 1. The number of piperidine rings is 1. The molecule has 4 nitrogen and oxygen atoms in total. The van der Waals surface area contributed by atoms with Gasteiger partial charge in [-0.2, -0.15) is 0 Å². The summed E-state index contributed by atoms with van der Waals surface area (Å²) in [6.45, 7) is 6.27. The number of amides is 2. The fraction of sp³-hybridized carbons (Fsp3) is 0.706. The lowest BCUT2D eigenvalue weighted by atomic mass is 9.98. The molecule has 0 saturated carbocycles. The van der Waals surface area contributed by atoms with Crippen molar-refractivity contribution < 1.29 is 4.79 Å². The van der Waals surface area contributed by atoms with Gasteiger partial charge in [-0.3, -0.25) is 0 Å². The van der Waals surface area contributed by atoms with Crippen molar-refractivity contribution in [3.63, 3.8) is 0 Å². The summed E-state index contributed by atoms with van der Waals surface area (Å²) < 4.78 is 0. The van der Waals surface area contributed by atoms with Gasteiger partial charge in [-0.05, 0) is 36.6 Å². The van der Waals surface area contributed by atoms with E-state index in [1.165, 1.54) is 4.88 Å². The second-order valence-corrected chi connectivity index (χ2v) is 7.78. The number of carbonyl (C=O) groups excluding carboxylic acids is 1. The third-order valence-corrected chi connectivity index (χ3v) is 5.16. The number of nitrogens with one attached hydrogen (secondary N) is 1. The van der Waals surface area contributed by atoms with Crippen molar-refractivity contribution in [2.75, 3.05) is 27.2 Å². The molecule has 1 aliphatic rings. The molecule has 0 aromatic carbocycles. The molecule has 1 atom stereocenters. The third-order valence-electron chi connectivity index (χ3n) is 4.18. The van der Waals surface area contributed by atoms with Crippen LogP contribution in [0.4, 0.5) is 4.79 Å². The fourth-order valence-corrected chi connectivity index (χ4v) is 3.83. The van der Waals surface area contributed by atoms with Crippen LogP contribution in [0.2, 0.25) is 0 Å². The van der Waals surface area contributed by atoms with Crippen molar-refractivity contribution in [1.29, 1.82) is 0 Å². The van der Waals surface area contributed by atoms with Crippen molar-refractivity contribution in [2.24, 2.45) is 5.92 Å². The van der Waals surface area contributed by atoms with E-state index in [-0.39, 0.29) is 6.03 Å². The van der Waals surface area contributed by atoms with Crippen LogP contribution in [0.25, 0.3) is 0 Å². The summed E-state index contributed by atoms with van der Waals surface area (Å²) in [6, 6.07) is 5.46. The molecule has 2 amide bonds. The summed E-state index contributed by atoms with van der Waals surface area (Å²) in [7, 11) is 3.64. The van der Waals surface area contributed by atoms with E-state index in [9.17, 15) is 4.79 Å². The summed E-state index contributed by atoms with van der Waals surface area (Å²) in [5.74, 6) is 0.676. The minimum Gasteiger partial charge on any atom is -0.331 e. The fourth-order valence-electron chi connectivity index (χ4n) is 3.03. The van der Waals surface area contributed by atoms with Gasteiger partial charge in [0.1, 0.15) is 0 Å². The monoisotopic (exact) mass is 323 g/mol. The molecule has 0 aliphatic carbocycles. The van der Waals surface area contributed by atoms with E-state index in [1.807, 2.05) is 30.3 Å². The molecule has 5 heteroatoms. The summed E-state index contributed by atoms with van der Waals surface area (Å²) in [5.41, 5.74) is 0. The van der Waals surface area contributed by atoms with Crippen LogP contribution in [0, 0.1) is 5.92 Å². The summed E-state index contributed by atoms with van der Waals surface area (Å²) in [4.78, 5) is 17.0. The zero-order valence-corrected chi connectivity index (χ0v) is 15.0. The van der Waals surface area contributed by atoms with Crippen LogP contribution in [-0.4, -0.2) is 49.1 Å². The highest BCUT2D eigenvalue weighted by Gasteiger charge is 2.26. The first-order valence-corrected chi connectivity index (χ1v) is 9.11. The Kier molecular flexibility index (Phi) is 6.26. The van der Waals surface area contributed by atoms with E-state index < -0.39 is 0 Å². The Labute approximate surface area is 138 Å². The molecule has 22 heavy (non-hydrogen) atoms. The van der Waals surface area contributed by atoms with Crippen LogP contribution in [0.5, 0.6) is 0 Å². The smallest absolute Gasteiger partial charge is 0.319 e. The van der Waals surface area contributed by atoms with Gasteiger partial charge in [0, 0.05) is 44.1 Å². The maximum Gasteiger partial charge on any atom is 0.319 e.